The average Bonchev–Trinajstić information content (AvgIpc) is 3.78. The molecule has 0 saturated carbocycles. The lowest BCUT2D eigenvalue weighted by molar-refractivity contribution is 0.669. The van der Waals surface area contributed by atoms with Crippen LogP contribution in [0.1, 0.15) is 22.3 Å². The maximum absolute atomic E-state index is 6.14. The SMILES string of the molecule is c1ccc(-c2ccc3c(c2)C2(c4ccccc4-c4ccccc42)c2c-3ccc3cc(-c4ccc5oc6ccccc6c5c4)ccc23)cc1. The van der Waals surface area contributed by atoms with E-state index in [4.69, 9.17) is 4.42 Å². The maximum Gasteiger partial charge on any atom is 0.135 e. The van der Waals surface area contributed by atoms with Crippen LogP contribution >= 0.6 is 0 Å². The van der Waals surface area contributed by atoms with Gasteiger partial charge in [0, 0.05) is 10.8 Å². The third-order valence-electron chi connectivity index (χ3n) is 10.9. The minimum absolute atomic E-state index is 0.418. The molecule has 48 heavy (non-hydrogen) atoms. The first-order valence-corrected chi connectivity index (χ1v) is 16.7. The normalized spacial score (nSPS) is 13.6. The van der Waals surface area contributed by atoms with Crippen LogP contribution in [0, 0.1) is 0 Å². The fourth-order valence-electron chi connectivity index (χ4n) is 8.87. The molecule has 0 unspecified atom stereocenters. The lowest BCUT2D eigenvalue weighted by Gasteiger charge is -2.31. The van der Waals surface area contributed by atoms with Crippen molar-refractivity contribution in [3.8, 4) is 44.5 Å². The van der Waals surface area contributed by atoms with Gasteiger partial charge in [-0.15, -0.1) is 0 Å². The molecule has 222 valence electrons. The molecular formula is C47H28O. The van der Waals surface area contributed by atoms with Crippen molar-refractivity contribution in [2.75, 3.05) is 0 Å². The molecular weight excluding hydrogens is 581 g/mol. The molecule has 1 heterocycles. The van der Waals surface area contributed by atoms with Crippen LogP contribution < -0.4 is 0 Å². The van der Waals surface area contributed by atoms with Crippen molar-refractivity contribution in [1.82, 2.24) is 0 Å². The van der Waals surface area contributed by atoms with Gasteiger partial charge in [0.05, 0.1) is 5.41 Å². The topological polar surface area (TPSA) is 13.1 Å². The molecule has 1 heteroatoms. The van der Waals surface area contributed by atoms with Crippen molar-refractivity contribution in [2.45, 2.75) is 5.41 Å². The standard InChI is InChI=1S/C47H28O/c1-2-10-29(11-3-1)32-19-23-37-39-24-20-33-26-30(31-21-25-45-40(27-31)38-14-6-9-17-44(38)48-45)18-22-34(33)46(39)47(43(37)28-32)41-15-7-4-12-35(41)36-13-5-8-16-42(36)47/h1-28H. The van der Waals surface area contributed by atoms with Crippen LogP contribution in [0.5, 0.6) is 0 Å². The molecule has 0 fully saturated rings. The van der Waals surface area contributed by atoms with Gasteiger partial charge in [-0.1, -0.05) is 140 Å². The fraction of sp³-hybridized carbons (Fsp3) is 0.0213. The highest BCUT2D eigenvalue weighted by atomic mass is 16.3. The summed E-state index contributed by atoms with van der Waals surface area (Å²) in [4.78, 5) is 0. The lowest BCUT2D eigenvalue weighted by Crippen LogP contribution is -2.26. The molecule has 0 N–H and O–H groups in total. The zero-order valence-electron chi connectivity index (χ0n) is 26.1. The van der Waals surface area contributed by atoms with Gasteiger partial charge in [-0.25, -0.2) is 0 Å². The van der Waals surface area contributed by atoms with E-state index < -0.39 is 5.41 Å². The second-order valence-corrected chi connectivity index (χ2v) is 13.2. The molecule has 2 aliphatic carbocycles. The molecule has 9 aromatic rings. The molecule has 0 aliphatic heterocycles. The van der Waals surface area contributed by atoms with Gasteiger partial charge >= 0.3 is 0 Å². The van der Waals surface area contributed by atoms with E-state index in [1.807, 2.05) is 12.1 Å². The summed E-state index contributed by atoms with van der Waals surface area (Å²) in [5.74, 6) is 0. The quantitative estimate of drug-likeness (QED) is 0.190. The highest BCUT2D eigenvalue weighted by Gasteiger charge is 2.52. The summed E-state index contributed by atoms with van der Waals surface area (Å²) in [5.41, 5.74) is 17.1. The number of fused-ring (bicyclic) bond motifs is 15. The number of hydrogen-bond acceptors (Lipinski definition) is 1. The summed E-state index contributed by atoms with van der Waals surface area (Å²) in [7, 11) is 0. The van der Waals surface area contributed by atoms with Crippen molar-refractivity contribution in [3.63, 3.8) is 0 Å². The van der Waals surface area contributed by atoms with Gasteiger partial charge in [-0.2, -0.15) is 0 Å². The van der Waals surface area contributed by atoms with E-state index >= 15 is 0 Å². The Labute approximate surface area is 278 Å². The highest BCUT2D eigenvalue weighted by molar-refractivity contribution is 6.08. The van der Waals surface area contributed by atoms with E-state index in [1.54, 1.807) is 0 Å². The molecule has 1 aromatic heterocycles. The third-order valence-corrected chi connectivity index (χ3v) is 10.9. The number of benzene rings is 8. The first-order valence-electron chi connectivity index (χ1n) is 16.7. The van der Waals surface area contributed by atoms with Crippen LogP contribution in [0.15, 0.2) is 174 Å². The van der Waals surface area contributed by atoms with Gasteiger partial charge in [0.2, 0.25) is 0 Å². The summed E-state index contributed by atoms with van der Waals surface area (Å²) in [6.07, 6.45) is 0. The van der Waals surface area contributed by atoms with E-state index in [0.717, 1.165) is 21.9 Å². The van der Waals surface area contributed by atoms with Gasteiger partial charge in [-0.05, 0) is 108 Å². The van der Waals surface area contributed by atoms with Crippen LogP contribution in [0.4, 0.5) is 0 Å². The molecule has 0 saturated heterocycles. The molecule has 1 nitrogen and oxygen atoms in total. The average molecular weight is 609 g/mol. The van der Waals surface area contributed by atoms with E-state index in [1.165, 1.54) is 77.5 Å². The Balaban J connectivity index is 1.19. The molecule has 8 aromatic carbocycles. The van der Waals surface area contributed by atoms with Crippen LogP contribution in [0.2, 0.25) is 0 Å². The first-order chi connectivity index (χ1) is 23.8. The summed E-state index contributed by atoms with van der Waals surface area (Å²) < 4.78 is 6.14. The van der Waals surface area contributed by atoms with Crippen molar-refractivity contribution >= 4 is 32.7 Å². The Morgan fingerprint density at radius 2 is 0.938 bits per heavy atom. The Kier molecular flexibility index (Phi) is 5.10. The predicted octanol–water partition coefficient (Wildman–Crippen LogP) is 12.4. The zero-order chi connectivity index (χ0) is 31.4. The first kappa shape index (κ1) is 25.9. The fourth-order valence-corrected chi connectivity index (χ4v) is 8.87. The summed E-state index contributed by atoms with van der Waals surface area (Å²) in [6.45, 7) is 0. The van der Waals surface area contributed by atoms with Gasteiger partial charge in [-0.3, -0.25) is 0 Å². The lowest BCUT2D eigenvalue weighted by atomic mass is 9.69. The van der Waals surface area contributed by atoms with Crippen molar-refractivity contribution in [3.05, 3.63) is 192 Å². The Bertz CT molecular complexity index is 2740. The van der Waals surface area contributed by atoms with Crippen LogP contribution in [0.25, 0.3) is 77.2 Å². The summed E-state index contributed by atoms with van der Waals surface area (Å²) >= 11 is 0. The largest absolute Gasteiger partial charge is 0.456 e. The molecule has 2 aliphatic rings. The van der Waals surface area contributed by atoms with E-state index in [-0.39, 0.29) is 0 Å². The van der Waals surface area contributed by atoms with Gasteiger partial charge in [0.1, 0.15) is 11.2 Å². The smallest absolute Gasteiger partial charge is 0.135 e. The molecule has 0 bridgehead atoms. The number of hydrogen-bond donors (Lipinski definition) is 0. The Morgan fingerprint density at radius 3 is 1.77 bits per heavy atom. The second-order valence-electron chi connectivity index (χ2n) is 13.2. The molecule has 11 rings (SSSR count). The van der Waals surface area contributed by atoms with E-state index in [2.05, 4.69) is 158 Å². The van der Waals surface area contributed by atoms with E-state index in [0.29, 0.717) is 0 Å². The zero-order valence-corrected chi connectivity index (χ0v) is 26.1. The minimum atomic E-state index is -0.418. The monoisotopic (exact) mass is 608 g/mol. The van der Waals surface area contributed by atoms with Crippen LogP contribution in [-0.4, -0.2) is 0 Å². The summed E-state index contributed by atoms with van der Waals surface area (Å²) in [5, 5.41) is 4.86. The van der Waals surface area contributed by atoms with Gasteiger partial charge in [0.15, 0.2) is 0 Å². The van der Waals surface area contributed by atoms with Crippen molar-refractivity contribution < 1.29 is 4.42 Å². The summed E-state index contributed by atoms with van der Waals surface area (Å²) in [6, 6.07) is 62.7. The van der Waals surface area contributed by atoms with Gasteiger partial charge in [0.25, 0.3) is 0 Å². The van der Waals surface area contributed by atoms with Crippen molar-refractivity contribution in [1.29, 1.82) is 0 Å². The molecule has 1 spiro atoms. The molecule has 0 atom stereocenters. The van der Waals surface area contributed by atoms with Crippen molar-refractivity contribution in [2.24, 2.45) is 0 Å². The molecule has 0 radical (unpaired) electrons. The van der Waals surface area contributed by atoms with E-state index in [9.17, 15) is 0 Å². The Morgan fingerprint density at radius 1 is 0.333 bits per heavy atom. The maximum atomic E-state index is 6.14. The number of furan rings is 1. The van der Waals surface area contributed by atoms with Crippen LogP contribution in [0.3, 0.4) is 0 Å². The second kappa shape index (κ2) is 9.44. The number of para-hydroxylation sites is 1. The number of rotatable bonds is 2. The highest BCUT2D eigenvalue weighted by Crippen LogP contribution is 2.64. The Hall–Kier alpha value is -6.18. The van der Waals surface area contributed by atoms with Gasteiger partial charge < -0.3 is 4.42 Å². The minimum Gasteiger partial charge on any atom is -0.456 e. The molecule has 0 amide bonds. The van der Waals surface area contributed by atoms with Crippen LogP contribution in [-0.2, 0) is 5.41 Å². The predicted molar refractivity (Wildman–Crippen MR) is 198 cm³/mol. The third kappa shape index (κ3) is 3.30.